The molecule has 2 aromatic heterocycles. The minimum Gasteiger partial charge on any atom is -0.486 e. The average Bonchev–Trinajstić information content (AvgIpc) is 3.27. The quantitative estimate of drug-likeness (QED) is 0.688. The molecule has 1 aliphatic rings. The van der Waals surface area contributed by atoms with Crippen molar-refractivity contribution in [1.29, 1.82) is 0 Å². The van der Waals surface area contributed by atoms with Crippen LogP contribution in [0.5, 0.6) is 5.75 Å². The highest BCUT2D eigenvalue weighted by molar-refractivity contribution is 7.10. The first kappa shape index (κ1) is 16.3. The van der Waals surface area contributed by atoms with Gasteiger partial charge in [-0.1, -0.05) is 12.1 Å². The third-order valence-electron chi connectivity index (χ3n) is 4.25. The van der Waals surface area contributed by atoms with Crippen molar-refractivity contribution in [2.45, 2.75) is 26.5 Å². The lowest BCUT2D eigenvalue weighted by molar-refractivity contribution is 0.0731. The Kier molecular flexibility index (Phi) is 4.55. The second kappa shape index (κ2) is 6.98. The van der Waals surface area contributed by atoms with Gasteiger partial charge in [0.05, 0.1) is 16.3 Å². The molecule has 0 radical (unpaired) electrons. The van der Waals surface area contributed by atoms with Gasteiger partial charge in [0.25, 0.3) is 5.91 Å². The number of aryl methyl sites for hydroxylation is 1. The Morgan fingerprint density at radius 3 is 3.00 bits per heavy atom. The molecule has 0 saturated heterocycles. The van der Waals surface area contributed by atoms with Crippen LogP contribution in [0.15, 0.2) is 41.1 Å². The van der Waals surface area contributed by atoms with Gasteiger partial charge < -0.3 is 9.64 Å². The van der Waals surface area contributed by atoms with Gasteiger partial charge in [0.1, 0.15) is 12.4 Å². The van der Waals surface area contributed by atoms with E-state index in [9.17, 15) is 4.79 Å². The minimum atomic E-state index is 0.0295. The lowest BCUT2D eigenvalue weighted by Gasteiger charge is -2.27. The summed E-state index contributed by atoms with van der Waals surface area (Å²) in [5.41, 5.74) is 2.78. The number of benzene rings is 1. The fourth-order valence-corrected chi connectivity index (χ4v) is 4.47. The summed E-state index contributed by atoms with van der Waals surface area (Å²) in [7, 11) is 0. The van der Waals surface area contributed by atoms with Crippen molar-refractivity contribution in [3.05, 3.63) is 67.8 Å². The second-order valence-corrected chi connectivity index (χ2v) is 8.05. The molecule has 4 rings (SSSR count). The molecule has 0 unspecified atom stereocenters. The summed E-state index contributed by atoms with van der Waals surface area (Å²) >= 11 is 3.38. The number of fused-ring (bicyclic) bond motifs is 1. The minimum absolute atomic E-state index is 0.0295. The number of hydrogen-bond acceptors (Lipinski definition) is 5. The van der Waals surface area contributed by atoms with E-state index in [-0.39, 0.29) is 5.91 Å². The number of aromatic nitrogens is 1. The highest BCUT2D eigenvalue weighted by Crippen LogP contribution is 2.27. The number of amides is 1. The maximum absolute atomic E-state index is 13.0. The number of thiophene rings is 1. The molecule has 0 atom stereocenters. The molecule has 0 bridgehead atoms. The molecular formula is C19H18N2O2S2. The monoisotopic (exact) mass is 370 g/mol. The van der Waals surface area contributed by atoms with Gasteiger partial charge in [-0.3, -0.25) is 4.79 Å². The van der Waals surface area contributed by atoms with E-state index in [1.54, 1.807) is 22.7 Å². The van der Waals surface area contributed by atoms with Crippen molar-refractivity contribution in [3.8, 4) is 5.75 Å². The summed E-state index contributed by atoms with van der Waals surface area (Å²) in [5, 5.41) is 5.11. The highest BCUT2D eigenvalue weighted by atomic mass is 32.1. The van der Waals surface area contributed by atoms with E-state index in [1.165, 1.54) is 10.4 Å². The van der Waals surface area contributed by atoms with E-state index >= 15 is 0 Å². The van der Waals surface area contributed by atoms with Crippen molar-refractivity contribution < 1.29 is 9.53 Å². The molecule has 0 saturated carbocycles. The number of carbonyl (C=O) groups is 1. The molecule has 0 aliphatic carbocycles. The van der Waals surface area contributed by atoms with Crippen molar-refractivity contribution >= 4 is 28.6 Å². The van der Waals surface area contributed by atoms with E-state index in [1.807, 2.05) is 41.5 Å². The zero-order valence-corrected chi connectivity index (χ0v) is 15.5. The maximum Gasteiger partial charge on any atom is 0.257 e. The molecule has 6 heteroatoms. The number of thiazole rings is 1. The summed E-state index contributed by atoms with van der Waals surface area (Å²) in [6, 6.07) is 9.59. The van der Waals surface area contributed by atoms with Gasteiger partial charge in [-0.2, -0.15) is 0 Å². The summed E-state index contributed by atoms with van der Waals surface area (Å²) in [5.74, 6) is 0.649. The SMILES string of the molecule is Cc1nc(COc2ccccc2C(=O)N2CCc3sccc3C2)cs1. The number of hydrogen-bond donors (Lipinski definition) is 0. The van der Waals surface area contributed by atoms with E-state index in [2.05, 4.69) is 16.4 Å². The number of nitrogens with zero attached hydrogens (tertiary/aromatic N) is 2. The first-order chi connectivity index (χ1) is 12.2. The molecule has 1 aromatic carbocycles. The van der Waals surface area contributed by atoms with Crippen LogP contribution in [0, 0.1) is 6.92 Å². The van der Waals surface area contributed by atoms with Crippen LogP contribution in [0.25, 0.3) is 0 Å². The molecule has 128 valence electrons. The van der Waals surface area contributed by atoms with Crippen molar-refractivity contribution in [2.24, 2.45) is 0 Å². The molecule has 4 nitrogen and oxygen atoms in total. The number of para-hydroxylation sites is 1. The topological polar surface area (TPSA) is 42.4 Å². The number of ether oxygens (including phenoxy) is 1. The van der Waals surface area contributed by atoms with Crippen LogP contribution in [0.4, 0.5) is 0 Å². The Hall–Kier alpha value is -2.18. The predicted molar refractivity (Wildman–Crippen MR) is 100 cm³/mol. The van der Waals surface area contributed by atoms with Crippen LogP contribution in [-0.4, -0.2) is 22.3 Å². The van der Waals surface area contributed by atoms with Gasteiger partial charge in [0.15, 0.2) is 0 Å². The second-order valence-electron chi connectivity index (χ2n) is 5.99. The fraction of sp³-hybridized carbons (Fsp3) is 0.263. The maximum atomic E-state index is 13.0. The van der Waals surface area contributed by atoms with Gasteiger partial charge in [0.2, 0.25) is 0 Å². The Labute approximate surface area is 154 Å². The summed E-state index contributed by atoms with van der Waals surface area (Å²) in [4.78, 5) is 20.7. The summed E-state index contributed by atoms with van der Waals surface area (Å²) in [6.07, 6.45) is 0.930. The van der Waals surface area contributed by atoms with Crippen LogP contribution in [-0.2, 0) is 19.6 Å². The largest absolute Gasteiger partial charge is 0.486 e. The Morgan fingerprint density at radius 2 is 2.16 bits per heavy atom. The van der Waals surface area contributed by atoms with Gasteiger partial charge in [-0.05, 0) is 42.5 Å². The molecule has 0 fully saturated rings. The number of carbonyl (C=O) groups excluding carboxylic acids is 1. The van der Waals surface area contributed by atoms with Crippen LogP contribution in [0.3, 0.4) is 0 Å². The van der Waals surface area contributed by atoms with E-state index in [4.69, 9.17) is 4.74 Å². The Bertz CT molecular complexity index is 900. The molecule has 25 heavy (non-hydrogen) atoms. The predicted octanol–water partition coefficient (Wildman–Crippen LogP) is 4.29. The molecule has 0 N–H and O–H groups in total. The van der Waals surface area contributed by atoms with Crippen LogP contribution >= 0.6 is 22.7 Å². The Balaban J connectivity index is 1.51. The van der Waals surface area contributed by atoms with E-state index in [0.717, 1.165) is 23.7 Å². The molecule has 1 aliphatic heterocycles. The first-order valence-electron chi connectivity index (χ1n) is 8.18. The third kappa shape index (κ3) is 3.45. The van der Waals surface area contributed by atoms with Crippen molar-refractivity contribution in [2.75, 3.05) is 6.54 Å². The van der Waals surface area contributed by atoms with Gasteiger partial charge in [-0.15, -0.1) is 22.7 Å². The molecule has 3 heterocycles. The van der Waals surface area contributed by atoms with Crippen LogP contribution in [0.1, 0.15) is 31.5 Å². The lowest BCUT2D eigenvalue weighted by atomic mass is 10.1. The zero-order chi connectivity index (χ0) is 17.2. The average molecular weight is 370 g/mol. The van der Waals surface area contributed by atoms with Crippen molar-refractivity contribution in [3.63, 3.8) is 0 Å². The van der Waals surface area contributed by atoms with Gasteiger partial charge in [0, 0.05) is 23.3 Å². The fourth-order valence-electron chi connectivity index (χ4n) is 2.99. The first-order valence-corrected chi connectivity index (χ1v) is 9.94. The third-order valence-corrected chi connectivity index (χ3v) is 6.10. The van der Waals surface area contributed by atoms with E-state index < -0.39 is 0 Å². The number of rotatable bonds is 4. The smallest absolute Gasteiger partial charge is 0.257 e. The zero-order valence-electron chi connectivity index (χ0n) is 13.9. The van der Waals surface area contributed by atoms with Gasteiger partial charge in [-0.25, -0.2) is 4.98 Å². The van der Waals surface area contributed by atoms with Gasteiger partial charge >= 0.3 is 0 Å². The molecule has 3 aromatic rings. The van der Waals surface area contributed by atoms with Crippen LogP contribution < -0.4 is 4.74 Å². The van der Waals surface area contributed by atoms with Crippen LogP contribution in [0.2, 0.25) is 0 Å². The van der Waals surface area contributed by atoms with E-state index in [0.29, 0.717) is 24.5 Å². The van der Waals surface area contributed by atoms with Crippen molar-refractivity contribution in [1.82, 2.24) is 9.88 Å². The Morgan fingerprint density at radius 1 is 1.28 bits per heavy atom. The summed E-state index contributed by atoms with van der Waals surface area (Å²) < 4.78 is 5.90. The molecule has 1 amide bonds. The standard InChI is InChI=1S/C19H18N2O2S2/c1-13-20-15(12-25-13)11-23-17-5-3-2-4-16(17)19(22)21-8-6-18-14(10-21)7-9-24-18/h2-5,7,9,12H,6,8,10-11H2,1H3. The lowest BCUT2D eigenvalue weighted by Crippen LogP contribution is -2.35. The molecular weight excluding hydrogens is 352 g/mol. The normalized spacial score (nSPS) is 13.6. The highest BCUT2D eigenvalue weighted by Gasteiger charge is 2.24. The summed E-state index contributed by atoms with van der Waals surface area (Å²) in [6.45, 7) is 3.78. The molecule has 0 spiro atoms.